The van der Waals surface area contributed by atoms with Crippen molar-refractivity contribution >= 4 is 16.8 Å². The van der Waals surface area contributed by atoms with E-state index >= 15 is 0 Å². The van der Waals surface area contributed by atoms with Gasteiger partial charge >= 0.3 is 0 Å². The summed E-state index contributed by atoms with van der Waals surface area (Å²) < 4.78 is 5.88. The third kappa shape index (κ3) is 4.09. The lowest BCUT2D eigenvalue weighted by molar-refractivity contribution is -0.131. The lowest BCUT2D eigenvalue weighted by atomic mass is 10.0. The van der Waals surface area contributed by atoms with Gasteiger partial charge in [-0.1, -0.05) is 30.3 Å². The van der Waals surface area contributed by atoms with E-state index in [1.165, 1.54) is 0 Å². The molecule has 0 saturated carbocycles. The van der Waals surface area contributed by atoms with Crippen molar-refractivity contribution in [1.29, 1.82) is 0 Å². The van der Waals surface area contributed by atoms with Gasteiger partial charge in [-0.25, -0.2) is 0 Å². The summed E-state index contributed by atoms with van der Waals surface area (Å²) in [5.41, 5.74) is 4.47. The second kappa shape index (κ2) is 8.85. The fraction of sp³-hybridized carbons (Fsp3) is 0.231. The average molecular weight is 428 g/mol. The molecule has 5 rings (SSSR count). The minimum Gasteiger partial charge on any atom is -0.491 e. The van der Waals surface area contributed by atoms with Gasteiger partial charge in [-0.05, 0) is 47.9 Å². The molecule has 0 spiro atoms. The van der Waals surface area contributed by atoms with Gasteiger partial charge in [0, 0.05) is 41.8 Å². The van der Waals surface area contributed by atoms with Crippen molar-refractivity contribution in [2.75, 3.05) is 13.2 Å². The van der Waals surface area contributed by atoms with Crippen molar-refractivity contribution in [3.8, 4) is 5.75 Å². The van der Waals surface area contributed by atoms with Crippen LogP contribution < -0.4 is 4.74 Å². The zero-order valence-electron chi connectivity index (χ0n) is 17.7. The molecule has 0 saturated heterocycles. The summed E-state index contributed by atoms with van der Waals surface area (Å²) in [7, 11) is 0. The van der Waals surface area contributed by atoms with Gasteiger partial charge in [-0.3, -0.25) is 9.78 Å². The highest BCUT2D eigenvalue weighted by atomic mass is 16.5. The highest BCUT2D eigenvalue weighted by molar-refractivity contribution is 5.84. The van der Waals surface area contributed by atoms with Crippen LogP contribution in [0.5, 0.6) is 5.75 Å². The summed E-state index contributed by atoms with van der Waals surface area (Å²) in [6.07, 6.45) is 3.96. The van der Waals surface area contributed by atoms with Crippen molar-refractivity contribution in [3.05, 3.63) is 95.4 Å². The van der Waals surface area contributed by atoms with E-state index in [1.54, 1.807) is 12.3 Å². The average Bonchev–Trinajstić information content (AvgIpc) is 3.13. The van der Waals surface area contributed by atoms with Crippen LogP contribution in [0.4, 0.5) is 0 Å². The first-order valence-electron chi connectivity index (χ1n) is 10.9. The highest BCUT2D eigenvalue weighted by Gasteiger charge is 2.22. The van der Waals surface area contributed by atoms with Crippen LogP contribution >= 0.6 is 0 Å². The number of carbonyl (C=O) groups excluding carboxylic acids is 1. The standard InChI is InChI=1S/C26H25N3O3/c30-25(11-9-19-16-28-22-6-2-1-5-21(19)22)29-13-14-32-24-10-8-18(15-20(24)17-29)26(31)23-7-3-4-12-27-23/h1-8,10,12,15-16,26,28,31H,9,11,13-14,17H2. The number of aliphatic hydroxyl groups excluding tert-OH is 1. The third-order valence-electron chi connectivity index (χ3n) is 5.98. The number of aliphatic hydroxyl groups is 1. The minimum atomic E-state index is -0.823. The first-order chi connectivity index (χ1) is 15.7. The fourth-order valence-corrected chi connectivity index (χ4v) is 4.24. The summed E-state index contributed by atoms with van der Waals surface area (Å²) >= 11 is 0. The molecule has 1 aliphatic heterocycles. The van der Waals surface area contributed by atoms with E-state index in [9.17, 15) is 9.90 Å². The smallest absolute Gasteiger partial charge is 0.223 e. The molecule has 162 valence electrons. The number of H-pyrrole nitrogens is 1. The van der Waals surface area contributed by atoms with Gasteiger partial charge in [0.05, 0.1) is 12.2 Å². The molecule has 1 unspecified atom stereocenters. The molecule has 0 aliphatic carbocycles. The van der Waals surface area contributed by atoms with E-state index < -0.39 is 6.10 Å². The number of nitrogens with one attached hydrogen (secondary N) is 1. The summed E-state index contributed by atoms with van der Waals surface area (Å²) in [5.74, 6) is 0.858. The molecule has 2 aromatic heterocycles. The molecule has 6 heteroatoms. The van der Waals surface area contributed by atoms with Gasteiger partial charge in [0.2, 0.25) is 5.91 Å². The molecule has 2 N–H and O–H groups in total. The van der Waals surface area contributed by atoms with Crippen molar-refractivity contribution < 1.29 is 14.6 Å². The van der Waals surface area contributed by atoms with Crippen LogP contribution in [0.15, 0.2) is 73.1 Å². The van der Waals surface area contributed by atoms with E-state index in [-0.39, 0.29) is 5.91 Å². The first kappa shape index (κ1) is 20.3. The van der Waals surface area contributed by atoms with Gasteiger partial charge in [0.25, 0.3) is 0 Å². The molecule has 1 aliphatic rings. The van der Waals surface area contributed by atoms with E-state index in [2.05, 4.69) is 16.0 Å². The Morgan fingerprint density at radius 3 is 2.91 bits per heavy atom. The van der Waals surface area contributed by atoms with Gasteiger partial charge in [-0.2, -0.15) is 0 Å². The Morgan fingerprint density at radius 2 is 2.03 bits per heavy atom. The van der Waals surface area contributed by atoms with Gasteiger partial charge in [0.15, 0.2) is 0 Å². The molecule has 4 aromatic rings. The zero-order chi connectivity index (χ0) is 21.9. The Balaban J connectivity index is 1.30. The molecule has 0 radical (unpaired) electrons. The highest BCUT2D eigenvalue weighted by Crippen LogP contribution is 2.29. The van der Waals surface area contributed by atoms with Crippen LogP contribution in [0.2, 0.25) is 0 Å². The number of para-hydroxylation sites is 1. The SMILES string of the molecule is O=C(CCc1c[nH]c2ccccc12)N1CCOc2ccc(C(O)c3ccccn3)cc2C1. The number of fused-ring (bicyclic) bond motifs is 2. The van der Waals surface area contributed by atoms with Crippen LogP contribution in [-0.4, -0.2) is 39.0 Å². The number of nitrogens with zero attached hydrogens (tertiary/aromatic N) is 2. The van der Waals surface area contributed by atoms with Crippen LogP contribution in [0, 0.1) is 0 Å². The lowest BCUT2D eigenvalue weighted by Crippen LogP contribution is -2.32. The second-order valence-corrected chi connectivity index (χ2v) is 8.05. The Bertz CT molecular complexity index is 1240. The number of rotatable bonds is 5. The number of amides is 1. The number of hydrogen-bond donors (Lipinski definition) is 2. The number of pyridine rings is 1. The zero-order valence-corrected chi connectivity index (χ0v) is 17.7. The Labute approximate surface area is 186 Å². The topological polar surface area (TPSA) is 78.5 Å². The number of benzene rings is 2. The summed E-state index contributed by atoms with van der Waals surface area (Å²) in [6, 6.07) is 19.3. The van der Waals surface area contributed by atoms with E-state index in [0.717, 1.165) is 33.3 Å². The molecular formula is C26H25N3O3. The predicted molar refractivity (Wildman–Crippen MR) is 122 cm³/mol. The van der Waals surface area contributed by atoms with Gasteiger partial charge in [0.1, 0.15) is 18.5 Å². The molecule has 3 heterocycles. The normalized spacial score (nSPS) is 14.5. The number of carbonyl (C=O) groups is 1. The number of aryl methyl sites for hydroxylation is 1. The monoisotopic (exact) mass is 427 g/mol. The molecular weight excluding hydrogens is 402 g/mol. The number of hydrogen-bond acceptors (Lipinski definition) is 4. The molecule has 1 atom stereocenters. The molecule has 6 nitrogen and oxygen atoms in total. The van der Waals surface area contributed by atoms with E-state index in [0.29, 0.717) is 38.2 Å². The fourth-order valence-electron chi connectivity index (χ4n) is 4.24. The van der Waals surface area contributed by atoms with Crippen LogP contribution in [0.3, 0.4) is 0 Å². The maximum Gasteiger partial charge on any atom is 0.223 e. The van der Waals surface area contributed by atoms with Crippen molar-refractivity contribution in [2.24, 2.45) is 0 Å². The molecule has 0 fully saturated rings. The van der Waals surface area contributed by atoms with Crippen LogP contribution in [0.1, 0.15) is 34.9 Å². The van der Waals surface area contributed by atoms with E-state index in [1.807, 2.05) is 59.6 Å². The number of ether oxygens (including phenoxy) is 1. The maximum absolute atomic E-state index is 13.0. The quantitative estimate of drug-likeness (QED) is 0.505. The summed E-state index contributed by atoms with van der Waals surface area (Å²) in [5, 5.41) is 11.9. The predicted octanol–water partition coefficient (Wildman–Crippen LogP) is 4.00. The van der Waals surface area contributed by atoms with Crippen LogP contribution in [0.25, 0.3) is 10.9 Å². The lowest BCUT2D eigenvalue weighted by Gasteiger charge is -2.20. The Kier molecular flexibility index (Phi) is 5.60. The molecule has 32 heavy (non-hydrogen) atoms. The molecule has 0 bridgehead atoms. The number of aromatic nitrogens is 2. The molecule has 1 amide bonds. The van der Waals surface area contributed by atoms with Gasteiger partial charge in [-0.15, -0.1) is 0 Å². The van der Waals surface area contributed by atoms with Gasteiger partial charge < -0.3 is 19.7 Å². The third-order valence-corrected chi connectivity index (χ3v) is 5.98. The summed E-state index contributed by atoms with van der Waals surface area (Å²) in [4.78, 5) is 22.4. The molecule has 2 aromatic carbocycles. The first-order valence-corrected chi connectivity index (χ1v) is 10.9. The van der Waals surface area contributed by atoms with Crippen molar-refractivity contribution in [1.82, 2.24) is 14.9 Å². The second-order valence-electron chi connectivity index (χ2n) is 8.05. The Hall–Kier alpha value is -3.64. The van der Waals surface area contributed by atoms with Crippen molar-refractivity contribution in [2.45, 2.75) is 25.5 Å². The Morgan fingerprint density at radius 1 is 1.16 bits per heavy atom. The van der Waals surface area contributed by atoms with E-state index in [4.69, 9.17) is 4.74 Å². The summed E-state index contributed by atoms with van der Waals surface area (Å²) in [6.45, 7) is 1.46. The largest absolute Gasteiger partial charge is 0.491 e. The van der Waals surface area contributed by atoms with Crippen LogP contribution in [-0.2, 0) is 17.8 Å². The number of aromatic amines is 1. The van der Waals surface area contributed by atoms with Crippen molar-refractivity contribution in [3.63, 3.8) is 0 Å². The maximum atomic E-state index is 13.0. The minimum absolute atomic E-state index is 0.0995.